The van der Waals surface area contributed by atoms with E-state index in [0.717, 1.165) is 51.4 Å². The molecule has 1 aliphatic rings. The lowest BCUT2D eigenvalue weighted by Gasteiger charge is -2.33. The zero-order valence-corrected chi connectivity index (χ0v) is 14.3. The number of carbonyl (C=O) groups excluding carboxylic acids is 1. The summed E-state index contributed by atoms with van der Waals surface area (Å²) >= 11 is 0. The van der Waals surface area contributed by atoms with Crippen LogP contribution in [0.15, 0.2) is 24.4 Å². The van der Waals surface area contributed by atoms with Crippen LogP contribution in [0.5, 0.6) is 0 Å². The molecule has 2 heterocycles. The minimum Gasteiger partial charge on any atom is -0.356 e. The molecule has 1 aromatic heterocycles. The van der Waals surface area contributed by atoms with Gasteiger partial charge in [-0.25, -0.2) is 9.78 Å². The molecule has 0 bridgehead atoms. The average Bonchev–Trinajstić information content (AvgIpc) is 2.60. The molecule has 0 atom stereocenters. The summed E-state index contributed by atoms with van der Waals surface area (Å²) < 4.78 is 0. The third-order valence-electron chi connectivity index (χ3n) is 4.41. The molecule has 1 saturated heterocycles. The van der Waals surface area contributed by atoms with Crippen molar-refractivity contribution < 1.29 is 4.79 Å². The molecule has 2 amide bonds. The van der Waals surface area contributed by atoms with Crippen LogP contribution in [0.3, 0.4) is 0 Å². The number of aromatic nitrogens is 1. The summed E-state index contributed by atoms with van der Waals surface area (Å²) in [5.41, 5.74) is 0. The van der Waals surface area contributed by atoms with Crippen LogP contribution >= 0.6 is 0 Å². The first-order chi connectivity index (χ1) is 11.2. The zero-order valence-electron chi connectivity index (χ0n) is 14.3. The van der Waals surface area contributed by atoms with E-state index in [2.05, 4.69) is 39.3 Å². The third-order valence-corrected chi connectivity index (χ3v) is 4.41. The maximum atomic E-state index is 12.0. The number of amides is 2. The Balaban J connectivity index is 1.65. The molecule has 0 aliphatic carbocycles. The predicted octanol–water partition coefficient (Wildman–Crippen LogP) is 1.69. The molecule has 0 spiro atoms. The highest BCUT2D eigenvalue weighted by Crippen LogP contribution is 2.17. The van der Waals surface area contributed by atoms with Crippen molar-refractivity contribution in [1.82, 2.24) is 20.5 Å². The van der Waals surface area contributed by atoms with Crippen LogP contribution in [0.4, 0.5) is 10.6 Å². The molecule has 23 heavy (non-hydrogen) atoms. The van der Waals surface area contributed by atoms with Crippen LogP contribution in [-0.2, 0) is 0 Å². The second-order valence-corrected chi connectivity index (χ2v) is 5.88. The second-order valence-electron chi connectivity index (χ2n) is 5.88. The standard InChI is InChI=1S/C17H29N5O/c1-3-21(4-2)14-11-19-17(23)20-15-8-12-22(13-9-15)16-7-5-6-10-18-16/h5-7,10,15H,3-4,8-9,11-14H2,1-2H3,(H2,19,20,23). The number of pyridine rings is 1. The fraction of sp³-hybridized carbons (Fsp3) is 0.647. The summed E-state index contributed by atoms with van der Waals surface area (Å²) in [5.74, 6) is 1.02. The number of piperidine rings is 1. The first kappa shape index (κ1) is 17.5. The van der Waals surface area contributed by atoms with E-state index in [4.69, 9.17) is 0 Å². The molecule has 1 aliphatic heterocycles. The first-order valence-corrected chi connectivity index (χ1v) is 8.65. The number of urea groups is 1. The summed E-state index contributed by atoms with van der Waals surface area (Å²) in [7, 11) is 0. The quantitative estimate of drug-likeness (QED) is 0.803. The van der Waals surface area contributed by atoms with Crippen LogP contribution in [0.2, 0.25) is 0 Å². The Morgan fingerprint density at radius 1 is 1.30 bits per heavy atom. The average molecular weight is 319 g/mol. The van der Waals surface area contributed by atoms with E-state index in [-0.39, 0.29) is 12.1 Å². The Morgan fingerprint density at radius 2 is 2.04 bits per heavy atom. The number of likely N-dealkylation sites (N-methyl/N-ethyl adjacent to an activating group) is 1. The van der Waals surface area contributed by atoms with Crippen LogP contribution < -0.4 is 15.5 Å². The zero-order chi connectivity index (χ0) is 16.5. The van der Waals surface area contributed by atoms with Crippen molar-refractivity contribution in [3.05, 3.63) is 24.4 Å². The van der Waals surface area contributed by atoms with Crippen LogP contribution in [0.25, 0.3) is 0 Å². The van der Waals surface area contributed by atoms with Crippen molar-refractivity contribution in [3.63, 3.8) is 0 Å². The van der Waals surface area contributed by atoms with Crippen molar-refractivity contribution in [1.29, 1.82) is 0 Å². The summed E-state index contributed by atoms with van der Waals surface area (Å²) in [5, 5.41) is 6.04. The molecule has 0 radical (unpaired) electrons. The van der Waals surface area contributed by atoms with E-state index >= 15 is 0 Å². The summed E-state index contributed by atoms with van der Waals surface area (Å²) in [6.07, 6.45) is 3.74. The van der Waals surface area contributed by atoms with Crippen molar-refractivity contribution in [3.8, 4) is 0 Å². The summed E-state index contributed by atoms with van der Waals surface area (Å²) in [6, 6.07) is 6.18. The van der Waals surface area contributed by atoms with Crippen molar-refractivity contribution in [2.45, 2.75) is 32.7 Å². The van der Waals surface area contributed by atoms with E-state index in [1.54, 1.807) is 0 Å². The molecule has 0 saturated carbocycles. The topological polar surface area (TPSA) is 60.5 Å². The van der Waals surface area contributed by atoms with Gasteiger partial charge in [-0.1, -0.05) is 19.9 Å². The summed E-state index contributed by atoms with van der Waals surface area (Å²) in [6.45, 7) is 9.77. The number of nitrogens with one attached hydrogen (secondary N) is 2. The highest BCUT2D eigenvalue weighted by atomic mass is 16.2. The van der Waals surface area contributed by atoms with Crippen molar-refractivity contribution in [2.24, 2.45) is 0 Å². The van der Waals surface area contributed by atoms with Gasteiger partial charge in [-0.2, -0.15) is 0 Å². The minimum absolute atomic E-state index is 0.0477. The van der Waals surface area contributed by atoms with Crippen LogP contribution in [0, 0.1) is 0 Å². The van der Waals surface area contributed by atoms with Gasteiger partial charge in [-0.05, 0) is 38.1 Å². The van der Waals surface area contributed by atoms with Gasteiger partial charge in [-0.15, -0.1) is 0 Å². The Labute approximate surface area is 139 Å². The van der Waals surface area contributed by atoms with E-state index in [1.807, 2.05) is 24.4 Å². The third kappa shape index (κ3) is 5.71. The van der Waals surface area contributed by atoms with Gasteiger partial charge >= 0.3 is 6.03 Å². The van der Waals surface area contributed by atoms with Gasteiger partial charge in [0.25, 0.3) is 0 Å². The van der Waals surface area contributed by atoms with E-state index in [9.17, 15) is 4.79 Å². The maximum Gasteiger partial charge on any atom is 0.315 e. The van der Waals surface area contributed by atoms with Gasteiger partial charge in [0.1, 0.15) is 5.82 Å². The number of hydrogen-bond donors (Lipinski definition) is 2. The number of hydrogen-bond acceptors (Lipinski definition) is 4. The van der Waals surface area contributed by atoms with Crippen molar-refractivity contribution in [2.75, 3.05) is 44.2 Å². The van der Waals surface area contributed by atoms with Gasteiger partial charge in [0.2, 0.25) is 0 Å². The van der Waals surface area contributed by atoms with Gasteiger partial charge in [0.05, 0.1) is 0 Å². The van der Waals surface area contributed by atoms with E-state index < -0.39 is 0 Å². The fourth-order valence-corrected chi connectivity index (χ4v) is 2.90. The van der Waals surface area contributed by atoms with Gasteiger partial charge in [0.15, 0.2) is 0 Å². The van der Waals surface area contributed by atoms with Gasteiger partial charge in [0, 0.05) is 38.4 Å². The minimum atomic E-state index is -0.0477. The highest BCUT2D eigenvalue weighted by Gasteiger charge is 2.21. The monoisotopic (exact) mass is 319 g/mol. The largest absolute Gasteiger partial charge is 0.356 e. The number of rotatable bonds is 7. The molecule has 2 N–H and O–H groups in total. The lowest BCUT2D eigenvalue weighted by Crippen LogP contribution is -2.49. The Kier molecular flexibility index (Phi) is 7.13. The first-order valence-electron chi connectivity index (χ1n) is 8.65. The Bertz CT molecular complexity index is 455. The second kappa shape index (κ2) is 9.35. The molecular weight excluding hydrogens is 290 g/mol. The predicted molar refractivity (Wildman–Crippen MR) is 93.8 cm³/mol. The molecule has 1 fully saturated rings. The smallest absolute Gasteiger partial charge is 0.315 e. The maximum absolute atomic E-state index is 12.0. The van der Waals surface area contributed by atoms with E-state index in [1.165, 1.54) is 0 Å². The molecule has 6 heteroatoms. The lowest BCUT2D eigenvalue weighted by atomic mass is 10.1. The summed E-state index contributed by atoms with van der Waals surface area (Å²) in [4.78, 5) is 20.9. The van der Waals surface area contributed by atoms with Crippen molar-refractivity contribution >= 4 is 11.8 Å². The lowest BCUT2D eigenvalue weighted by molar-refractivity contribution is 0.231. The molecule has 128 valence electrons. The number of anilines is 1. The molecular formula is C17H29N5O. The Hall–Kier alpha value is -1.82. The molecule has 0 aromatic carbocycles. The normalized spacial score (nSPS) is 15.7. The SMILES string of the molecule is CCN(CC)CCNC(=O)NC1CCN(c2ccccn2)CC1. The van der Waals surface area contributed by atoms with Crippen LogP contribution in [0.1, 0.15) is 26.7 Å². The fourth-order valence-electron chi connectivity index (χ4n) is 2.90. The number of nitrogens with zero attached hydrogens (tertiary/aromatic N) is 3. The Morgan fingerprint density at radius 3 is 2.65 bits per heavy atom. The van der Waals surface area contributed by atoms with Gasteiger partial charge in [-0.3, -0.25) is 0 Å². The molecule has 0 unspecified atom stereocenters. The molecule has 1 aromatic rings. The van der Waals surface area contributed by atoms with E-state index in [0.29, 0.717) is 6.54 Å². The number of carbonyl (C=O) groups is 1. The highest BCUT2D eigenvalue weighted by molar-refractivity contribution is 5.74. The molecule has 2 rings (SSSR count). The van der Waals surface area contributed by atoms with Gasteiger partial charge < -0.3 is 20.4 Å². The molecule has 6 nitrogen and oxygen atoms in total. The van der Waals surface area contributed by atoms with Crippen LogP contribution in [-0.4, -0.2) is 61.2 Å².